The van der Waals surface area contributed by atoms with E-state index in [4.69, 9.17) is 4.42 Å². The van der Waals surface area contributed by atoms with Crippen LogP contribution in [0.15, 0.2) is 150 Å². The van der Waals surface area contributed by atoms with Crippen LogP contribution < -0.4 is 0 Å². The van der Waals surface area contributed by atoms with Crippen LogP contribution in [-0.4, -0.2) is 18.5 Å². The van der Waals surface area contributed by atoms with Crippen LogP contribution in [0.2, 0.25) is 0 Å². The summed E-state index contributed by atoms with van der Waals surface area (Å²) in [5.41, 5.74) is 11.3. The Hall–Kier alpha value is -6.07. The summed E-state index contributed by atoms with van der Waals surface area (Å²) in [6, 6.07) is 48.1. The maximum atomic E-state index is 5.52. The second-order valence-electron chi connectivity index (χ2n) is 11.3. The number of aromatic nitrogens is 4. The van der Waals surface area contributed by atoms with Crippen molar-refractivity contribution in [3.05, 3.63) is 146 Å². The number of oxazole rings is 1. The monoisotopic (exact) mass is 564 g/mol. The minimum absolute atomic E-state index is 0.608. The zero-order valence-electron chi connectivity index (χ0n) is 23.6. The molecule has 0 fully saturated rings. The van der Waals surface area contributed by atoms with E-state index in [0.717, 1.165) is 33.5 Å². The minimum atomic E-state index is 0.608. The third-order valence-electron chi connectivity index (χ3n) is 8.97. The van der Waals surface area contributed by atoms with Crippen LogP contribution in [0.1, 0.15) is 0 Å². The quantitative estimate of drug-likeness (QED) is 0.214. The first-order valence-corrected chi connectivity index (χ1v) is 14.8. The number of para-hydroxylation sites is 3. The Bertz CT molecular complexity index is 2680. The van der Waals surface area contributed by atoms with Gasteiger partial charge in [-0.15, -0.1) is 0 Å². The molecule has 0 saturated heterocycles. The summed E-state index contributed by atoms with van der Waals surface area (Å²) in [4.78, 5) is 4.67. The molecule has 0 aliphatic carbocycles. The fraction of sp³-hybridized carbons (Fsp3) is 0. The molecule has 0 saturated carbocycles. The molecule has 44 heavy (non-hydrogen) atoms. The Labute approximate surface area is 251 Å². The molecule has 10 rings (SSSR count). The number of imidazole rings is 1. The molecule has 0 N–H and O–H groups in total. The highest BCUT2D eigenvalue weighted by Crippen LogP contribution is 2.37. The van der Waals surface area contributed by atoms with Gasteiger partial charge in [0.1, 0.15) is 6.26 Å². The van der Waals surface area contributed by atoms with Crippen molar-refractivity contribution in [2.24, 2.45) is 0 Å². The van der Waals surface area contributed by atoms with Gasteiger partial charge in [-0.05, 0) is 71.8 Å². The Morgan fingerprint density at radius 3 is 1.77 bits per heavy atom. The Balaban J connectivity index is 1.17. The van der Waals surface area contributed by atoms with Crippen molar-refractivity contribution in [2.75, 3.05) is 0 Å². The van der Waals surface area contributed by atoms with Gasteiger partial charge in [0.2, 0.25) is 0 Å². The van der Waals surface area contributed by atoms with Crippen molar-refractivity contribution >= 4 is 60.5 Å². The highest BCUT2D eigenvalue weighted by Gasteiger charge is 2.17. The molecule has 0 radical (unpaired) electrons. The molecule has 0 aliphatic rings. The van der Waals surface area contributed by atoms with Crippen LogP contribution in [0, 0.1) is 0 Å². The maximum Gasteiger partial charge on any atom is 0.306 e. The summed E-state index contributed by atoms with van der Waals surface area (Å²) in [5.74, 6) is 0.608. The van der Waals surface area contributed by atoms with E-state index in [0.29, 0.717) is 5.84 Å². The van der Waals surface area contributed by atoms with Gasteiger partial charge < -0.3 is 13.6 Å². The first-order valence-electron chi connectivity index (χ1n) is 14.8. The fourth-order valence-electron chi connectivity index (χ4n) is 7.04. The minimum Gasteiger partial charge on any atom is -0.432 e. The lowest BCUT2D eigenvalue weighted by atomic mass is 10.0. The lowest BCUT2D eigenvalue weighted by molar-refractivity contribution is 0.597. The molecule has 0 atom stereocenters. The number of benzene rings is 6. The van der Waals surface area contributed by atoms with Crippen LogP contribution in [0.25, 0.3) is 83.0 Å². The van der Waals surface area contributed by atoms with Gasteiger partial charge in [0, 0.05) is 39.1 Å². The zero-order valence-corrected chi connectivity index (χ0v) is 23.6. The summed E-state index contributed by atoms with van der Waals surface area (Å²) < 4.78 is 12.3. The standard InChI is InChI=1S/C39H24N4O/c1-4-13-34-29(10-1)30-11-2-5-14-35(30)43(34)28-17-19-37-32(24-28)31-12-3-6-15-36(31)42(37)27-9-7-8-25(22-27)26-16-18-38-33(23-26)40-39-41(38)20-21-44-39/h1-24H. The first kappa shape index (κ1) is 23.5. The summed E-state index contributed by atoms with van der Waals surface area (Å²) in [6.07, 6.45) is 3.57. The SMILES string of the molecule is c1cc(-c2ccc3c(c2)nc2occn23)cc(-n2c3ccccc3c3cc(-n4c5ccccc5c5ccccc54)ccc32)c1. The predicted octanol–water partition coefficient (Wildman–Crippen LogP) is 9.94. The number of hydrogen-bond donors (Lipinski definition) is 0. The zero-order chi connectivity index (χ0) is 28.8. The Kier molecular flexibility index (Phi) is 4.66. The average molecular weight is 565 g/mol. The van der Waals surface area contributed by atoms with Crippen LogP contribution in [0.3, 0.4) is 0 Å². The van der Waals surface area contributed by atoms with Crippen molar-refractivity contribution in [3.8, 4) is 22.5 Å². The van der Waals surface area contributed by atoms with Crippen molar-refractivity contribution in [1.29, 1.82) is 0 Å². The summed E-state index contributed by atoms with van der Waals surface area (Å²) in [7, 11) is 0. The normalized spacial score (nSPS) is 12.1. The van der Waals surface area contributed by atoms with Crippen LogP contribution in [0.4, 0.5) is 0 Å². The molecule has 6 aromatic carbocycles. The van der Waals surface area contributed by atoms with Crippen molar-refractivity contribution in [3.63, 3.8) is 0 Å². The molecule has 206 valence electrons. The van der Waals surface area contributed by atoms with Crippen molar-refractivity contribution < 1.29 is 4.42 Å². The maximum absolute atomic E-state index is 5.52. The van der Waals surface area contributed by atoms with Crippen molar-refractivity contribution in [1.82, 2.24) is 18.5 Å². The second kappa shape index (κ2) is 8.72. The largest absolute Gasteiger partial charge is 0.432 e. The molecule has 5 heteroatoms. The van der Waals surface area contributed by atoms with Gasteiger partial charge in [0.05, 0.1) is 33.1 Å². The molecule has 10 aromatic rings. The molecule has 4 heterocycles. The van der Waals surface area contributed by atoms with Gasteiger partial charge in [-0.1, -0.05) is 72.8 Å². The molecule has 0 spiro atoms. The van der Waals surface area contributed by atoms with E-state index in [9.17, 15) is 0 Å². The number of hydrogen-bond acceptors (Lipinski definition) is 2. The molecule has 4 aromatic heterocycles. The van der Waals surface area contributed by atoms with E-state index < -0.39 is 0 Å². The van der Waals surface area contributed by atoms with E-state index in [1.165, 1.54) is 43.6 Å². The summed E-state index contributed by atoms with van der Waals surface area (Å²) in [5, 5.41) is 5.00. The lowest BCUT2D eigenvalue weighted by Gasteiger charge is -2.12. The van der Waals surface area contributed by atoms with E-state index in [-0.39, 0.29) is 0 Å². The van der Waals surface area contributed by atoms with Gasteiger partial charge in [-0.3, -0.25) is 4.40 Å². The van der Waals surface area contributed by atoms with Crippen LogP contribution in [-0.2, 0) is 0 Å². The third-order valence-corrected chi connectivity index (χ3v) is 8.97. The van der Waals surface area contributed by atoms with Crippen LogP contribution >= 0.6 is 0 Å². The molecule has 0 amide bonds. The molecular formula is C39H24N4O. The molecule has 5 nitrogen and oxygen atoms in total. The highest BCUT2D eigenvalue weighted by atomic mass is 16.3. The van der Waals surface area contributed by atoms with Gasteiger partial charge in [-0.2, -0.15) is 4.98 Å². The topological polar surface area (TPSA) is 40.3 Å². The second-order valence-corrected chi connectivity index (χ2v) is 11.3. The van der Waals surface area contributed by atoms with E-state index >= 15 is 0 Å². The number of rotatable bonds is 3. The molecule has 0 unspecified atom stereocenters. The Morgan fingerprint density at radius 2 is 1.05 bits per heavy atom. The smallest absolute Gasteiger partial charge is 0.306 e. The summed E-state index contributed by atoms with van der Waals surface area (Å²) in [6.45, 7) is 0. The highest BCUT2D eigenvalue weighted by molar-refractivity contribution is 6.12. The lowest BCUT2D eigenvalue weighted by Crippen LogP contribution is -1.96. The van der Waals surface area contributed by atoms with Crippen molar-refractivity contribution in [2.45, 2.75) is 0 Å². The fourth-order valence-corrected chi connectivity index (χ4v) is 7.04. The average Bonchev–Trinajstić information content (AvgIpc) is 3.83. The van der Waals surface area contributed by atoms with E-state index in [2.05, 4.69) is 148 Å². The predicted molar refractivity (Wildman–Crippen MR) is 179 cm³/mol. The molecular weight excluding hydrogens is 540 g/mol. The van der Waals surface area contributed by atoms with Gasteiger partial charge >= 0.3 is 5.84 Å². The Morgan fingerprint density at radius 1 is 0.455 bits per heavy atom. The number of nitrogens with zero attached hydrogens (tertiary/aromatic N) is 4. The van der Waals surface area contributed by atoms with Crippen LogP contribution in [0.5, 0.6) is 0 Å². The first-order chi connectivity index (χ1) is 21.8. The number of fused-ring (bicyclic) bond motifs is 9. The molecule has 0 bridgehead atoms. The third kappa shape index (κ3) is 3.21. The summed E-state index contributed by atoms with van der Waals surface area (Å²) >= 11 is 0. The van der Waals surface area contributed by atoms with Gasteiger partial charge in [0.15, 0.2) is 0 Å². The van der Waals surface area contributed by atoms with E-state index in [1.807, 2.05) is 10.6 Å². The molecule has 0 aliphatic heterocycles. The van der Waals surface area contributed by atoms with Gasteiger partial charge in [-0.25, -0.2) is 0 Å². The van der Waals surface area contributed by atoms with Gasteiger partial charge in [0.25, 0.3) is 0 Å². The van der Waals surface area contributed by atoms with E-state index in [1.54, 1.807) is 6.26 Å².